The number of hydrogen-bond acceptors (Lipinski definition) is 9. The Morgan fingerprint density at radius 2 is 1.33 bits per heavy atom. The quantitative estimate of drug-likeness (QED) is 0.126. The summed E-state index contributed by atoms with van der Waals surface area (Å²) in [7, 11) is 0.335. The molecule has 0 heterocycles. The number of unbranched alkanes of at least 4 members (excludes halogenated alkanes) is 2. The second kappa shape index (κ2) is 21.4. The number of aliphatic hydroxyl groups excluding tert-OH is 1. The largest absolute Gasteiger partial charge is 0.500 e. The van der Waals surface area contributed by atoms with Crippen LogP contribution < -0.4 is 10.6 Å². The first-order chi connectivity index (χ1) is 15.9. The van der Waals surface area contributed by atoms with E-state index in [0.29, 0.717) is 25.8 Å². The summed E-state index contributed by atoms with van der Waals surface area (Å²) in [5.74, 6) is 0. The van der Waals surface area contributed by atoms with Gasteiger partial charge in [-0.3, -0.25) is 0 Å². The Hall–Kier alpha value is 0.0738. The Morgan fingerprint density at radius 1 is 0.758 bits per heavy atom. The lowest BCUT2D eigenvalue weighted by Crippen LogP contribution is -2.42. The van der Waals surface area contributed by atoms with Gasteiger partial charge in [0.25, 0.3) is 0 Å². The third-order valence-corrected chi connectivity index (χ3v) is 11.4. The fourth-order valence-electron chi connectivity index (χ4n) is 3.63. The Bertz CT molecular complexity index is 421. The zero-order chi connectivity index (χ0) is 24.8. The third-order valence-electron chi connectivity index (χ3n) is 5.49. The van der Waals surface area contributed by atoms with Crippen molar-refractivity contribution in [1.82, 2.24) is 10.6 Å². The molecule has 0 saturated heterocycles. The van der Waals surface area contributed by atoms with Crippen molar-refractivity contribution in [3.05, 3.63) is 0 Å². The van der Waals surface area contributed by atoms with Gasteiger partial charge in [0.15, 0.2) is 0 Å². The molecule has 0 aromatic rings. The highest BCUT2D eigenvalue weighted by molar-refractivity contribution is 6.66. The molecular formula is C22H52N2O7Si2. The van der Waals surface area contributed by atoms with Gasteiger partial charge in [0.1, 0.15) is 0 Å². The van der Waals surface area contributed by atoms with Gasteiger partial charge in [-0.25, -0.2) is 0 Å². The van der Waals surface area contributed by atoms with Crippen molar-refractivity contribution in [2.75, 3.05) is 73.9 Å². The van der Waals surface area contributed by atoms with Crippen LogP contribution in [0.2, 0.25) is 18.6 Å². The summed E-state index contributed by atoms with van der Waals surface area (Å²) in [5.41, 5.74) is 0. The molecule has 0 aliphatic heterocycles. The summed E-state index contributed by atoms with van der Waals surface area (Å²) in [6, 6.07) is 1.73. The van der Waals surface area contributed by atoms with Crippen LogP contribution >= 0.6 is 0 Å². The summed E-state index contributed by atoms with van der Waals surface area (Å²) < 4.78 is 33.4. The number of ether oxygens (including phenoxy) is 1. The van der Waals surface area contributed by atoms with E-state index >= 15 is 0 Å². The maximum atomic E-state index is 10.0. The molecular weight excluding hydrogens is 460 g/mol. The first-order valence-electron chi connectivity index (χ1n) is 12.5. The maximum Gasteiger partial charge on any atom is 0.500 e. The first-order valence-corrected chi connectivity index (χ1v) is 17.0. The predicted molar refractivity (Wildman–Crippen MR) is 137 cm³/mol. The van der Waals surface area contributed by atoms with E-state index in [0.717, 1.165) is 64.6 Å². The number of nitrogens with one attached hydrogen (secondary N) is 2. The van der Waals surface area contributed by atoms with Gasteiger partial charge in [0.05, 0.1) is 12.7 Å². The van der Waals surface area contributed by atoms with Gasteiger partial charge < -0.3 is 42.6 Å². The fourth-order valence-corrected chi connectivity index (χ4v) is 7.73. The Balaban J connectivity index is 3.52. The molecule has 9 nitrogen and oxygen atoms in total. The molecule has 1 atom stereocenters. The van der Waals surface area contributed by atoms with Crippen LogP contribution in [-0.4, -0.2) is 103 Å². The number of rotatable bonds is 25. The lowest BCUT2D eigenvalue weighted by Gasteiger charge is -2.25. The zero-order valence-electron chi connectivity index (χ0n) is 22.1. The van der Waals surface area contributed by atoms with Crippen molar-refractivity contribution in [3.63, 3.8) is 0 Å². The average Bonchev–Trinajstić information content (AvgIpc) is 2.80. The Morgan fingerprint density at radius 3 is 1.91 bits per heavy atom. The molecule has 0 aromatic heterocycles. The molecule has 0 radical (unpaired) electrons. The second-order valence-electron chi connectivity index (χ2n) is 8.25. The smallest absolute Gasteiger partial charge is 0.395 e. The van der Waals surface area contributed by atoms with Crippen LogP contribution in [-0.2, 0) is 26.9 Å². The standard InChI is InChI=1S/C22H52N2O7Si2/c1-7-30-32(6,31-8-2)18-12-16-23-14-10-9-11-15-24-20-22(25)21-29-17-13-19-33(26-3,27-4)28-5/h22-25H,7-21H2,1-6H3. The highest BCUT2D eigenvalue weighted by Crippen LogP contribution is 2.16. The Kier molecular flexibility index (Phi) is 21.4. The molecule has 0 aliphatic rings. The molecule has 0 saturated carbocycles. The lowest BCUT2D eigenvalue weighted by atomic mass is 10.2. The van der Waals surface area contributed by atoms with Gasteiger partial charge in [0, 0.05) is 53.7 Å². The van der Waals surface area contributed by atoms with E-state index < -0.39 is 23.5 Å². The van der Waals surface area contributed by atoms with Crippen molar-refractivity contribution in [3.8, 4) is 0 Å². The van der Waals surface area contributed by atoms with Gasteiger partial charge in [-0.2, -0.15) is 0 Å². The van der Waals surface area contributed by atoms with Crippen molar-refractivity contribution >= 4 is 17.4 Å². The molecule has 0 spiro atoms. The van der Waals surface area contributed by atoms with Gasteiger partial charge in [-0.15, -0.1) is 0 Å². The van der Waals surface area contributed by atoms with Crippen LogP contribution in [0.15, 0.2) is 0 Å². The molecule has 0 aromatic carbocycles. The minimum Gasteiger partial charge on any atom is -0.395 e. The van der Waals surface area contributed by atoms with Gasteiger partial charge >= 0.3 is 17.4 Å². The summed E-state index contributed by atoms with van der Waals surface area (Å²) in [6.07, 6.45) is 4.81. The summed E-state index contributed by atoms with van der Waals surface area (Å²) >= 11 is 0. The van der Waals surface area contributed by atoms with Crippen molar-refractivity contribution in [1.29, 1.82) is 0 Å². The van der Waals surface area contributed by atoms with Gasteiger partial charge in [-0.05, 0) is 71.8 Å². The van der Waals surface area contributed by atoms with Crippen LogP contribution in [0.1, 0.15) is 46.0 Å². The second-order valence-corrected chi connectivity index (χ2v) is 14.7. The van der Waals surface area contributed by atoms with E-state index in [4.69, 9.17) is 26.9 Å². The third kappa shape index (κ3) is 17.2. The first kappa shape index (κ1) is 33.1. The van der Waals surface area contributed by atoms with Crippen molar-refractivity contribution in [2.45, 2.75) is 70.7 Å². The Labute approximate surface area is 204 Å². The summed E-state index contributed by atoms with van der Waals surface area (Å²) in [5, 5.41) is 16.8. The van der Waals surface area contributed by atoms with Crippen LogP contribution in [0, 0.1) is 0 Å². The van der Waals surface area contributed by atoms with E-state index in [1.807, 2.05) is 13.8 Å². The maximum absolute atomic E-state index is 10.0. The SMILES string of the molecule is CCO[Si](C)(CCCNCCCCCNCC(O)COCCC[Si](OC)(OC)OC)OCC. The number of hydrogen-bond donors (Lipinski definition) is 3. The molecule has 33 heavy (non-hydrogen) atoms. The number of aliphatic hydroxyl groups is 1. The summed E-state index contributed by atoms with van der Waals surface area (Å²) in [6.45, 7) is 12.1. The van der Waals surface area contributed by atoms with Gasteiger partial charge in [0.2, 0.25) is 0 Å². The van der Waals surface area contributed by atoms with Crippen molar-refractivity contribution in [2.24, 2.45) is 0 Å². The molecule has 0 fully saturated rings. The molecule has 0 amide bonds. The average molecular weight is 513 g/mol. The normalized spacial score (nSPS) is 13.5. The minimum atomic E-state index is -2.52. The van der Waals surface area contributed by atoms with Crippen LogP contribution in [0.4, 0.5) is 0 Å². The minimum absolute atomic E-state index is 0.326. The van der Waals surface area contributed by atoms with Crippen molar-refractivity contribution < 1.29 is 32.0 Å². The predicted octanol–water partition coefficient (Wildman–Crippen LogP) is 2.52. The van der Waals surface area contributed by atoms with E-state index in [-0.39, 0.29) is 0 Å². The van der Waals surface area contributed by atoms with Gasteiger partial charge in [-0.1, -0.05) is 6.42 Å². The van der Waals surface area contributed by atoms with Crippen LogP contribution in [0.5, 0.6) is 0 Å². The van der Waals surface area contributed by atoms with Crippen LogP contribution in [0.25, 0.3) is 0 Å². The molecule has 0 aliphatic carbocycles. The zero-order valence-corrected chi connectivity index (χ0v) is 24.1. The van der Waals surface area contributed by atoms with E-state index in [2.05, 4.69) is 17.2 Å². The summed E-state index contributed by atoms with van der Waals surface area (Å²) in [4.78, 5) is 0. The fraction of sp³-hybridized carbons (Fsp3) is 1.00. The molecule has 1 unspecified atom stereocenters. The van der Waals surface area contributed by atoms with E-state index in [1.54, 1.807) is 21.3 Å². The highest BCUT2D eigenvalue weighted by Gasteiger charge is 2.36. The molecule has 0 rings (SSSR count). The molecule has 200 valence electrons. The van der Waals surface area contributed by atoms with E-state index in [1.165, 1.54) is 6.42 Å². The highest BCUT2D eigenvalue weighted by atomic mass is 28.4. The molecule has 3 N–H and O–H groups in total. The van der Waals surface area contributed by atoms with E-state index in [9.17, 15) is 5.11 Å². The lowest BCUT2D eigenvalue weighted by molar-refractivity contribution is 0.0352. The monoisotopic (exact) mass is 512 g/mol. The molecule has 0 bridgehead atoms. The van der Waals surface area contributed by atoms with Crippen LogP contribution in [0.3, 0.4) is 0 Å². The topological polar surface area (TPSA) is 99.7 Å². The molecule has 11 heteroatoms.